The summed E-state index contributed by atoms with van der Waals surface area (Å²) in [5.74, 6) is 1.07. The molecule has 0 aliphatic heterocycles. The van der Waals surface area contributed by atoms with E-state index in [4.69, 9.17) is 4.74 Å². The summed E-state index contributed by atoms with van der Waals surface area (Å²) < 4.78 is 5.40. The molecule has 0 fully saturated rings. The van der Waals surface area contributed by atoms with E-state index in [0.717, 1.165) is 33.8 Å². The van der Waals surface area contributed by atoms with Gasteiger partial charge in [0.1, 0.15) is 11.5 Å². The molecule has 0 spiro atoms. The number of allylic oxidation sites excluding steroid dienone is 1. The largest absolute Gasteiger partial charge is 0.508 e. The molecule has 0 heterocycles. The number of Topliss-reactive ketones (excluding diaryl/α,β-unsaturated/α-hetero) is 1. The van der Waals surface area contributed by atoms with Gasteiger partial charge in [-0.05, 0) is 66.6 Å². The van der Waals surface area contributed by atoms with Gasteiger partial charge in [-0.25, -0.2) is 0 Å². The molecule has 3 rings (SSSR count). The molecule has 0 unspecified atom stereocenters. The summed E-state index contributed by atoms with van der Waals surface area (Å²) in [6, 6.07) is 10.9. The first-order valence-electron chi connectivity index (χ1n) is 7.41. The van der Waals surface area contributed by atoms with E-state index in [2.05, 4.69) is 0 Å². The Morgan fingerprint density at radius 3 is 2.74 bits per heavy atom. The lowest BCUT2D eigenvalue weighted by Crippen LogP contribution is -2.13. The molecule has 2 aromatic rings. The number of fused-ring (bicyclic) bond motifs is 1. The van der Waals surface area contributed by atoms with Crippen molar-refractivity contribution < 1.29 is 14.6 Å². The van der Waals surface area contributed by atoms with Crippen molar-refractivity contribution in [1.82, 2.24) is 0 Å². The van der Waals surface area contributed by atoms with E-state index in [0.29, 0.717) is 12.0 Å². The van der Waals surface area contributed by atoms with Crippen LogP contribution in [0.15, 0.2) is 46.9 Å². The Bertz CT molecular complexity index is 793. The van der Waals surface area contributed by atoms with E-state index >= 15 is 0 Å². The molecule has 3 nitrogen and oxygen atoms in total. The number of phenolic OH excluding ortho intramolecular Hbond substituents is 1. The SMILES string of the molecule is COc1cc(/C=C2\CCc3cc(O)ccc3C2=O)ccc1SC. The normalized spacial score (nSPS) is 15.6. The lowest BCUT2D eigenvalue weighted by atomic mass is 9.86. The van der Waals surface area contributed by atoms with Gasteiger partial charge < -0.3 is 9.84 Å². The fourth-order valence-corrected chi connectivity index (χ4v) is 3.39. The van der Waals surface area contributed by atoms with Gasteiger partial charge in [-0.3, -0.25) is 4.79 Å². The fraction of sp³-hybridized carbons (Fsp3) is 0.211. The van der Waals surface area contributed by atoms with E-state index in [-0.39, 0.29) is 11.5 Å². The van der Waals surface area contributed by atoms with Crippen LogP contribution in [0.25, 0.3) is 6.08 Å². The number of carbonyl (C=O) groups is 1. The highest BCUT2D eigenvalue weighted by Gasteiger charge is 2.22. The minimum atomic E-state index is 0.0409. The zero-order valence-electron chi connectivity index (χ0n) is 13.1. The highest BCUT2D eigenvalue weighted by Crippen LogP contribution is 2.32. The number of hydrogen-bond donors (Lipinski definition) is 1. The third kappa shape index (κ3) is 3.13. The Labute approximate surface area is 140 Å². The van der Waals surface area contributed by atoms with E-state index < -0.39 is 0 Å². The highest BCUT2D eigenvalue weighted by molar-refractivity contribution is 7.98. The summed E-state index contributed by atoms with van der Waals surface area (Å²) >= 11 is 1.63. The molecule has 0 saturated carbocycles. The number of ketones is 1. The van der Waals surface area contributed by atoms with Crippen molar-refractivity contribution in [3.63, 3.8) is 0 Å². The highest BCUT2D eigenvalue weighted by atomic mass is 32.2. The van der Waals surface area contributed by atoms with E-state index in [1.165, 1.54) is 0 Å². The van der Waals surface area contributed by atoms with Crippen LogP contribution in [0.3, 0.4) is 0 Å². The average molecular weight is 326 g/mol. The average Bonchev–Trinajstić information content (AvgIpc) is 2.57. The number of thioether (sulfide) groups is 1. The molecule has 0 atom stereocenters. The van der Waals surface area contributed by atoms with E-state index in [1.54, 1.807) is 37.1 Å². The molecule has 23 heavy (non-hydrogen) atoms. The first kappa shape index (κ1) is 15.7. The van der Waals surface area contributed by atoms with Crippen molar-refractivity contribution >= 4 is 23.6 Å². The molecule has 118 valence electrons. The van der Waals surface area contributed by atoms with Crippen LogP contribution in [0.1, 0.15) is 27.9 Å². The minimum absolute atomic E-state index is 0.0409. The van der Waals surface area contributed by atoms with Gasteiger partial charge in [0, 0.05) is 16.0 Å². The number of aryl methyl sites for hydroxylation is 1. The summed E-state index contributed by atoms with van der Waals surface area (Å²) in [5.41, 5.74) is 3.36. The predicted molar refractivity (Wildman–Crippen MR) is 93.5 cm³/mol. The molecular weight excluding hydrogens is 308 g/mol. The molecule has 0 aromatic heterocycles. The zero-order chi connectivity index (χ0) is 16.4. The molecule has 0 bridgehead atoms. The van der Waals surface area contributed by atoms with Crippen LogP contribution in [0.2, 0.25) is 0 Å². The van der Waals surface area contributed by atoms with Gasteiger partial charge in [0.05, 0.1) is 7.11 Å². The third-order valence-electron chi connectivity index (χ3n) is 4.04. The van der Waals surface area contributed by atoms with Crippen molar-refractivity contribution in [2.75, 3.05) is 13.4 Å². The molecule has 0 amide bonds. The van der Waals surface area contributed by atoms with Crippen LogP contribution in [-0.2, 0) is 6.42 Å². The number of benzene rings is 2. The fourth-order valence-electron chi connectivity index (χ4n) is 2.85. The number of hydrogen-bond acceptors (Lipinski definition) is 4. The van der Waals surface area contributed by atoms with Crippen LogP contribution in [-0.4, -0.2) is 24.3 Å². The van der Waals surface area contributed by atoms with Crippen LogP contribution in [0, 0.1) is 0 Å². The molecule has 0 radical (unpaired) electrons. The van der Waals surface area contributed by atoms with Gasteiger partial charge in [0.2, 0.25) is 0 Å². The quantitative estimate of drug-likeness (QED) is 0.673. The van der Waals surface area contributed by atoms with Crippen molar-refractivity contribution in [3.05, 3.63) is 58.7 Å². The monoisotopic (exact) mass is 326 g/mol. The summed E-state index contributed by atoms with van der Waals surface area (Å²) in [6.07, 6.45) is 5.39. The molecule has 1 aliphatic carbocycles. The second-order valence-electron chi connectivity index (χ2n) is 5.45. The number of aromatic hydroxyl groups is 1. The van der Waals surface area contributed by atoms with Crippen molar-refractivity contribution in [3.8, 4) is 11.5 Å². The maximum Gasteiger partial charge on any atom is 0.189 e. The van der Waals surface area contributed by atoms with Gasteiger partial charge in [0.25, 0.3) is 0 Å². The summed E-state index contributed by atoms with van der Waals surface area (Å²) in [5, 5.41) is 9.54. The van der Waals surface area contributed by atoms with Crippen LogP contribution in [0.4, 0.5) is 0 Å². The van der Waals surface area contributed by atoms with Gasteiger partial charge in [0.15, 0.2) is 5.78 Å². The topological polar surface area (TPSA) is 46.5 Å². The molecule has 1 aliphatic rings. The lowest BCUT2D eigenvalue weighted by Gasteiger charge is -2.18. The third-order valence-corrected chi connectivity index (χ3v) is 4.81. The van der Waals surface area contributed by atoms with Crippen LogP contribution >= 0.6 is 11.8 Å². The van der Waals surface area contributed by atoms with Gasteiger partial charge in [-0.2, -0.15) is 0 Å². The number of rotatable bonds is 3. The first-order chi connectivity index (χ1) is 11.1. The molecular formula is C19H18O3S. The van der Waals surface area contributed by atoms with Crippen LogP contribution in [0.5, 0.6) is 11.5 Å². The number of phenols is 1. The smallest absolute Gasteiger partial charge is 0.189 e. The lowest BCUT2D eigenvalue weighted by molar-refractivity contribution is 0.102. The number of carbonyl (C=O) groups excluding carboxylic acids is 1. The van der Waals surface area contributed by atoms with Gasteiger partial charge in [-0.1, -0.05) is 6.07 Å². The maximum absolute atomic E-state index is 12.6. The summed E-state index contributed by atoms with van der Waals surface area (Å²) in [7, 11) is 1.65. The maximum atomic E-state index is 12.6. The zero-order valence-corrected chi connectivity index (χ0v) is 13.9. The molecule has 2 aromatic carbocycles. The van der Waals surface area contributed by atoms with Crippen molar-refractivity contribution in [1.29, 1.82) is 0 Å². The van der Waals surface area contributed by atoms with Crippen molar-refractivity contribution in [2.24, 2.45) is 0 Å². The van der Waals surface area contributed by atoms with E-state index in [9.17, 15) is 9.90 Å². The summed E-state index contributed by atoms with van der Waals surface area (Å²) in [6.45, 7) is 0. The minimum Gasteiger partial charge on any atom is -0.508 e. The Hall–Kier alpha value is -2.20. The second-order valence-corrected chi connectivity index (χ2v) is 6.30. The number of ether oxygens (including phenoxy) is 1. The Morgan fingerprint density at radius 1 is 1.17 bits per heavy atom. The van der Waals surface area contributed by atoms with Crippen molar-refractivity contribution in [2.45, 2.75) is 17.7 Å². The van der Waals surface area contributed by atoms with Crippen LogP contribution < -0.4 is 4.74 Å². The number of methoxy groups -OCH3 is 1. The summed E-state index contributed by atoms with van der Waals surface area (Å²) in [4.78, 5) is 13.7. The Kier molecular flexibility index (Phi) is 4.44. The second kappa shape index (κ2) is 6.50. The first-order valence-corrected chi connectivity index (χ1v) is 8.64. The Balaban J connectivity index is 1.95. The van der Waals surface area contributed by atoms with Gasteiger partial charge >= 0.3 is 0 Å². The van der Waals surface area contributed by atoms with Gasteiger partial charge in [-0.15, -0.1) is 11.8 Å². The molecule has 0 saturated heterocycles. The molecule has 1 N–H and O–H groups in total. The standard InChI is InChI=1S/C19H18O3S/c1-22-17-10-12(3-8-18(17)23-2)9-14-5-4-13-11-15(20)6-7-16(13)19(14)21/h3,6-11,20H,4-5H2,1-2H3/b14-9+. The van der Waals surface area contributed by atoms with E-state index in [1.807, 2.05) is 30.5 Å². The molecule has 4 heteroatoms. The predicted octanol–water partition coefficient (Wildman–Crippen LogP) is 4.34. The Morgan fingerprint density at radius 2 is 2.00 bits per heavy atom.